The highest BCUT2D eigenvalue weighted by Gasteiger charge is 2.10. The van der Waals surface area contributed by atoms with Crippen molar-refractivity contribution in [3.8, 4) is 0 Å². The van der Waals surface area contributed by atoms with Crippen LogP contribution in [0.15, 0.2) is 48.8 Å². The van der Waals surface area contributed by atoms with E-state index in [1.54, 1.807) is 24.3 Å². The van der Waals surface area contributed by atoms with Crippen molar-refractivity contribution < 1.29 is 4.79 Å². The summed E-state index contributed by atoms with van der Waals surface area (Å²) in [7, 11) is 1.78. The lowest BCUT2D eigenvalue weighted by Crippen LogP contribution is -2.31. The fraction of sp³-hybridized carbons (Fsp3) is 0.250. The van der Waals surface area contributed by atoms with E-state index in [2.05, 4.69) is 17.2 Å². The van der Waals surface area contributed by atoms with Crippen LogP contribution >= 0.6 is 0 Å². The molecule has 4 heteroatoms. The average Bonchev–Trinajstić information content (AvgIpc) is 2.48. The number of anilines is 1. The first-order valence-electron chi connectivity index (χ1n) is 6.69. The highest BCUT2D eigenvalue weighted by molar-refractivity contribution is 5.89. The molecule has 0 saturated carbocycles. The number of pyridine rings is 1. The minimum atomic E-state index is -0.109. The Morgan fingerprint density at radius 3 is 2.60 bits per heavy atom. The number of hydrogen-bond donors (Lipinski definition) is 1. The predicted octanol–water partition coefficient (Wildman–Crippen LogP) is 3.31. The van der Waals surface area contributed by atoms with Crippen molar-refractivity contribution in [1.29, 1.82) is 0 Å². The van der Waals surface area contributed by atoms with Gasteiger partial charge < -0.3 is 10.2 Å². The minimum absolute atomic E-state index is 0.109. The summed E-state index contributed by atoms with van der Waals surface area (Å²) in [5, 5.41) is 2.95. The average molecular weight is 269 g/mol. The number of nitrogens with zero attached hydrogens (tertiary/aromatic N) is 2. The van der Waals surface area contributed by atoms with Crippen molar-refractivity contribution in [2.45, 2.75) is 19.9 Å². The van der Waals surface area contributed by atoms with E-state index in [1.807, 2.05) is 36.4 Å². The van der Waals surface area contributed by atoms with E-state index in [0.717, 1.165) is 23.2 Å². The van der Waals surface area contributed by atoms with Crippen LogP contribution in [0.1, 0.15) is 18.1 Å². The molecule has 0 unspecified atom stereocenters. The van der Waals surface area contributed by atoms with Crippen LogP contribution in [0.2, 0.25) is 0 Å². The third-order valence-corrected chi connectivity index (χ3v) is 3.16. The second kappa shape index (κ2) is 6.70. The number of carbonyl (C=O) groups is 1. The Labute approximate surface area is 119 Å². The molecule has 1 aromatic carbocycles. The first-order chi connectivity index (χ1) is 9.70. The molecule has 0 spiro atoms. The molecule has 0 aliphatic heterocycles. The lowest BCUT2D eigenvalue weighted by molar-refractivity contribution is 0.220. The van der Waals surface area contributed by atoms with E-state index >= 15 is 0 Å². The van der Waals surface area contributed by atoms with Gasteiger partial charge in [-0.25, -0.2) is 4.79 Å². The zero-order valence-corrected chi connectivity index (χ0v) is 11.8. The van der Waals surface area contributed by atoms with E-state index in [0.29, 0.717) is 6.54 Å². The number of benzene rings is 1. The Hall–Kier alpha value is -2.36. The molecule has 0 radical (unpaired) electrons. The van der Waals surface area contributed by atoms with Crippen LogP contribution in [0.25, 0.3) is 0 Å². The van der Waals surface area contributed by atoms with Gasteiger partial charge in [0.2, 0.25) is 0 Å². The molecular formula is C16H19N3O. The zero-order chi connectivity index (χ0) is 14.4. The molecule has 2 rings (SSSR count). The number of amides is 2. The molecule has 1 heterocycles. The molecule has 0 fully saturated rings. The maximum Gasteiger partial charge on any atom is 0.321 e. The zero-order valence-electron chi connectivity index (χ0n) is 11.8. The summed E-state index contributed by atoms with van der Waals surface area (Å²) in [6, 6.07) is 11.6. The fourth-order valence-corrected chi connectivity index (χ4v) is 2.00. The van der Waals surface area contributed by atoms with Gasteiger partial charge in [0.25, 0.3) is 0 Å². The fourth-order valence-electron chi connectivity index (χ4n) is 2.00. The quantitative estimate of drug-likeness (QED) is 0.925. The molecule has 0 bridgehead atoms. The van der Waals surface area contributed by atoms with Crippen LogP contribution in [-0.4, -0.2) is 23.0 Å². The molecule has 20 heavy (non-hydrogen) atoms. The van der Waals surface area contributed by atoms with Gasteiger partial charge >= 0.3 is 6.03 Å². The topological polar surface area (TPSA) is 45.2 Å². The number of para-hydroxylation sites is 1. The maximum absolute atomic E-state index is 12.2. The first kappa shape index (κ1) is 14.1. The SMILES string of the molecule is CCc1ccccc1NC(=O)N(C)Cc1ccncc1. The number of rotatable bonds is 4. The van der Waals surface area contributed by atoms with Crippen molar-refractivity contribution in [2.24, 2.45) is 0 Å². The van der Waals surface area contributed by atoms with Crippen LogP contribution in [0.3, 0.4) is 0 Å². The molecule has 0 saturated heterocycles. The summed E-state index contributed by atoms with van der Waals surface area (Å²) in [6.45, 7) is 2.63. The molecule has 1 N–H and O–H groups in total. The highest BCUT2D eigenvalue weighted by atomic mass is 16.2. The van der Waals surface area contributed by atoms with E-state index in [-0.39, 0.29) is 6.03 Å². The Kier molecular flexibility index (Phi) is 4.71. The standard InChI is InChI=1S/C16H19N3O/c1-3-14-6-4-5-7-15(14)18-16(20)19(2)12-13-8-10-17-11-9-13/h4-11H,3,12H2,1-2H3,(H,18,20). The van der Waals surface area contributed by atoms with Crippen LogP contribution < -0.4 is 5.32 Å². The van der Waals surface area contributed by atoms with Crippen molar-refractivity contribution in [2.75, 3.05) is 12.4 Å². The van der Waals surface area contributed by atoms with Gasteiger partial charge in [-0.05, 0) is 35.7 Å². The maximum atomic E-state index is 12.2. The van der Waals surface area contributed by atoms with Gasteiger partial charge in [-0.15, -0.1) is 0 Å². The number of urea groups is 1. The van der Waals surface area contributed by atoms with Crippen LogP contribution in [-0.2, 0) is 13.0 Å². The van der Waals surface area contributed by atoms with Crippen molar-refractivity contribution in [3.05, 3.63) is 59.9 Å². The van der Waals surface area contributed by atoms with Crippen molar-refractivity contribution in [3.63, 3.8) is 0 Å². The van der Waals surface area contributed by atoms with Crippen molar-refractivity contribution in [1.82, 2.24) is 9.88 Å². The summed E-state index contributed by atoms with van der Waals surface area (Å²) < 4.78 is 0. The summed E-state index contributed by atoms with van der Waals surface area (Å²) >= 11 is 0. The van der Waals surface area contributed by atoms with E-state index < -0.39 is 0 Å². The smallest absolute Gasteiger partial charge is 0.321 e. The Bertz CT molecular complexity index is 569. The molecular weight excluding hydrogens is 250 g/mol. The third-order valence-electron chi connectivity index (χ3n) is 3.16. The minimum Gasteiger partial charge on any atom is -0.323 e. The molecule has 0 aliphatic rings. The monoisotopic (exact) mass is 269 g/mol. The predicted molar refractivity (Wildman–Crippen MR) is 80.5 cm³/mol. The van der Waals surface area contributed by atoms with Crippen LogP contribution in [0.5, 0.6) is 0 Å². The largest absolute Gasteiger partial charge is 0.323 e. The number of aryl methyl sites for hydroxylation is 1. The number of aromatic nitrogens is 1. The number of nitrogens with one attached hydrogen (secondary N) is 1. The Morgan fingerprint density at radius 1 is 1.20 bits per heavy atom. The van der Waals surface area contributed by atoms with Crippen LogP contribution in [0.4, 0.5) is 10.5 Å². The second-order valence-corrected chi connectivity index (χ2v) is 4.65. The van der Waals surface area contributed by atoms with Gasteiger partial charge in [0.05, 0.1) is 0 Å². The van der Waals surface area contributed by atoms with Gasteiger partial charge in [0.15, 0.2) is 0 Å². The van der Waals surface area contributed by atoms with E-state index in [1.165, 1.54) is 0 Å². The Morgan fingerprint density at radius 2 is 1.90 bits per heavy atom. The molecule has 0 atom stereocenters. The summed E-state index contributed by atoms with van der Waals surface area (Å²) in [4.78, 5) is 17.8. The van der Waals surface area contributed by atoms with Gasteiger partial charge in [-0.2, -0.15) is 0 Å². The lowest BCUT2D eigenvalue weighted by Gasteiger charge is -2.19. The lowest BCUT2D eigenvalue weighted by atomic mass is 10.1. The van der Waals surface area contributed by atoms with Gasteiger partial charge in [0, 0.05) is 31.7 Å². The van der Waals surface area contributed by atoms with E-state index in [4.69, 9.17) is 0 Å². The molecule has 2 aromatic rings. The third kappa shape index (κ3) is 3.57. The molecule has 0 aliphatic carbocycles. The Balaban J connectivity index is 2.01. The summed E-state index contributed by atoms with van der Waals surface area (Å²) in [6.07, 6.45) is 4.35. The summed E-state index contributed by atoms with van der Waals surface area (Å²) in [5.41, 5.74) is 3.07. The molecule has 104 valence electrons. The van der Waals surface area contributed by atoms with Gasteiger partial charge in [-0.1, -0.05) is 25.1 Å². The second-order valence-electron chi connectivity index (χ2n) is 4.65. The molecule has 4 nitrogen and oxygen atoms in total. The van der Waals surface area contributed by atoms with E-state index in [9.17, 15) is 4.79 Å². The molecule has 2 amide bonds. The molecule has 1 aromatic heterocycles. The summed E-state index contributed by atoms with van der Waals surface area (Å²) in [5.74, 6) is 0. The van der Waals surface area contributed by atoms with Gasteiger partial charge in [-0.3, -0.25) is 4.98 Å². The first-order valence-corrected chi connectivity index (χ1v) is 6.69. The highest BCUT2D eigenvalue weighted by Crippen LogP contribution is 2.16. The number of hydrogen-bond acceptors (Lipinski definition) is 2. The van der Waals surface area contributed by atoms with Crippen molar-refractivity contribution >= 4 is 11.7 Å². The number of carbonyl (C=O) groups excluding carboxylic acids is 1. The van der Waals surface area contributed by atoms with Gasteiger partial charge in [0.1, 0.15) is 0 Å². The normalized spacial score (nSPS) is 10.1. The van der Waals surface area contributed by atoms with Crippen LogP contribution in [0, 0.1) is 0 Å².